The second-order valence-corrected chi connectivity index (χ2v) is 12.9. The lowest BCUT2D eigenvalue weighted by atomic mass is 9.83. The number of amides is 1. The van der Waals surface area contributed by atoms with Gasteiger partial charge in [0.2, 0.25) is 0 Å². The van der Waals surface area contributed by atoms with Gasteiger partial charge in [-0.25, -0.2) is 9.79 Å². The molecule has 13 heteroatoms. The molecule has 2 fully saturated rings. The molecule has 246 valence electrons. The highest BCUT2D eigenvalue weighted by Crippen LogP contribution is 2.41. The molecule has 0 aromatic carbocycles. The average molecular weight is 620 g/mol. The van der Waals surface area contributed by atoms with E-state index in [9.17, 15) is 19.5 Å². The minimum absolute atomic E-state index is 0.0292. The zero-order valence-electron chi connectivity index (χ0n) is 26.5. The van der Waals surface area contributed by atoms with Gasteiger partial charge in [0.1, 0.15) is 36.8 Å². The second-order valence-electron chi connectivity index (χ2n) is 12.9. The van der Waals surface area contributed by atoms with Gasteiger partial charge >= 0.3 is 18.0 Å². The summed E-state index contributed by atoms with van der Waals surface area (Å²) in [5.41, 5.74) is 4.78. The van der Waals surface area contributed by atoms with Crippen LogP contribution in [0.2, 0.25) is 0 Å². The lowest BCUT2D eigenvalue weighted by Gasteiger charge is -2.29. The summed E-state index contributed by atoms with van der Waals surface area (Å²) in [5, 5.41) is 21.5. The lowest BCUT2D eigenvalue weighted by molar-refractivity contribution is -0.164. The number of esters is 2. The summed E-state index contributed by atoms with van der Waals surface area (Å²) in [7, 11) is 0. The van der Waals surface area contributed by atoms with Crippen molar-refractivity contribution in [3.05, 3.63) is 23.5 Å². The minimum atomic E-state index is -1.45. The van der Waals surface area contributed by atoms with Crippen LogP contribution in [-0.2, 0) is 34.1 Å². The molecule has 2 heterocycles. The van der Waals surface area contributed by atoms with Crippen LogP contribution in [-0.4, -0.2) is 77.9 Å². The van der Waals surface area contributed by atoms with E-state index in [0.717, 1.165) is 51.3 Å². The first kappa shape index (κ1) is 35.2. The van der Waals surface area contributed by atoms with E-state index in [1.54, 1.807) is 39.8 Å². The predicted octanol–water partition coefficient (Wildman–Crippen LogP) is 3.67. The molecule has 0 unspecified atom stereocenters. The lowest BCUT2D eigenvalue weighted by Crippen LogP contribution is -2.48. The third-order valence-electron chi connectivity index (χ3n) is 8.29. The average Bonchev–Trinajstić information content (AvgIpc) is 3.53. The number of carbonyl (C=O) groups is 3. The Hall–Kier alpha value is -3.29. The standard InChI is InChI=1S/C31H49N5O8/c1-6-7-8-9-15-41-29(40)36-27(34-18-32)20-13-14-22(35-20)31(5)26(38)24(43-28(39)25(33)30(2,3)4)21(44-31)17-42-23(37)16-19-11-10-12-19/h13-14,18-19,21,24-26,35,38H,6-12,15-17,33H2,1-5H3,(H2,32,34,36,40)/t21-,24-,25-,26-,31+/m1/s1. The van der Waals surface area contributed by atoms with Crippen LogP contribution in [0.1, 0.15) is 97.4 Å². The van der Waals surface area contributed by atoms with Crippen molar-refractivity contribution in [2.24, 2.45) is 22.1 Å². The number of unbranched alkanes of at least 4 members (excludes halogenated alkanes) is 3. The summed E-state index contributed by atoms with van der Waals surface area (Å²) in [4.78, 5) is 44.9. The number of carbonyl (C=O) groups excluding carboxylic acids is 3. The van der Waals surface area contributed by atoms with Crippen LogP contribution < -0.4 is 11.1 Å². The Labute approximate surface area is 259 Å². The highest BCUT2D eigenvalue weighted by molar-refractivity contribution is 6.07. The third-order valence-corrected chi connectivity index (χ3v) is 8.29. The van der Waals surface area contributed by atoms with Gasteiger partial charge in [-0.15, -0.1) is 0 Å². The SMILES string of the molecule is CCCCCCOC(=O)N/C(=N/C=N)c1ccc([C@]2(C)O[C@H](COC(=O)CC3CCC3)[C@@H](OC(=O)[C@@H](N)C(C)(C)C)[C@H]2O)[nH]1. The van der Waals surface area contributed by atoms with Crippen molar-refractivity contribution < 1.29 is 38.4 Å². The molecule has 3 rings (SSSR count). The molecule has 6 N–H and O–H groups in total. The molecule has 44 heavy (non-hydrogen) atoms. The summed E-state index contributed by atoms with van der Waals surface area (Å²) < 4.78 is 22.7. The fourth-order valence-corrected chi connectivity index (χ4v) is 5.07. The fourth-order valence-electron chi connectivity index (χ4n) is 5.07. The number of nitrogens with one attached hydrogen (secondary N) is 3. The van der Waals surface area contributed by atoms with Crippen LogP contribution in [0.15, 0.2) is 17.1 Å². The number of H-pyrrole nitrogens is 1. The van der Waals surface area contributed by atoms with E-state index in [2.05, 4.69) is 22.2 Å². The van der Waals surface area contributed by atoms with E-state index in [1.165, 1.54) is 0 Å². The van der Waals surface area contributed by atoms with Crippen LogP contribution >= 0.6 is 0 Å². The van der Waals surface area contributed by atoms with Crippen LogP contribution in [0, 0.1) is 16.7 Å². The maximum absolute atomic E-state index is 13.0. The third kappa shape index (κ3) is 9.12. The maximum atomic E-state index is 13.0. The smallest absolute Gasteiger partial charge is 0.412 e. The highest BCUT2D eigenvalue weighted by Gasteiger charge is 2.56. The van der Waals surface area contributed by atoms with Crippen LogP contribution in [0.25, 0.3) is 0 Å². The Morgan fingerprint density at radius 3 is 2.59 bits per heavy atom. The van der Waals surface area contributed by atoms with Crippen molar-refractivity contribution in [1.29, 1.82) is 5.41 Å². The van der Waals surface area contributed by atoms with Crippen molar-refractivity contribution in [3.63, 3.8) is 0 Å². The normalized spacial score (nSPS) is 24.7. The summed E-state index contributed by atoms with van der Waals surface area (Å²) in [6, 6.07) is 2.25. The van der Waals surface area contributed by atoms with E-state index < -0.39 is 47.4 Å². The monoisotopic (exact) mass is 619 g/mol. The number of amidine groups is 1. The molecule has 1 saturated heterocycles. The van der Waals surface area contributed by atoms with Crippen LogP contribution in [0.4, 0.5) is 4.79 Å². The van der Waals surface area contributed by atoms with Gasteiger partial charge in [-0.3, -0.25) is 20.3 Å². The molecule has 1 aliphatic heterocycles. The fraction of sp³-hybridized carbons (Fsp3) is 0.710. The van der Waals surface area contributed by atoms with Crippen molar-refractivity contribution in [2.45, 2.75) is 116 Å². The van der Waals surface area contributed by atoms with E-state index in [-0.39, 0.29) is 25.0 Å². The first-order valence-electron chi connectivity index (χ1n) is 15.5. The molecule has 1 saturated carbocycles. The number of alkyl carbamates (subject to hydrolysis) is 1. The molecule has 5 atom stereocenters. The van der Waals surface area contributed by atoms with Gasteiger partial charge in [0.05, 0.1) is 18.0 Å². The number of ether oxygens (including phenoxy) is 4. The van der Waals surface area contributed by atoms with Gasteiger partial charge in [-0.2, -0.15) is 0 Å². The number of hydrogen-bond acceptors (Lipinski definition) is 10. The van der Waals surface area contributed by atoms with E-state index in [4.69, 9.17) is 30.1 Å². The Bertz CT molecular complexity index is 1170. The number of aromatic amines is 1. The quantitative estimate of drug-likeness (QED) is 0.0678. The number of rotatable bonds is 14. The van der Waals surface area contributed by atoms with Gasteiger partial charge in [-0.05, 0) is 49.7 Å². The molecular weight excluding hydrogens is 570 g/mol. The van der Waals surface area contributed by atoms with Crippen molar-refractivity contribution >= 4 is 30.2 Å². The number of nitrogens with two attached hydrogens (primary N) is 1. The molecule has 0 bridgehead atoms. The van der Waals surface area contributed by atoms with E-state index >= 15 is 0 Å². The number of aliphatic hydroxyl groups is 1. The minimum Gasteiger partial charge on any atom is -0.463 e. The molecule has 13 nitrogen and oxygen atoms in total. The van der Waals surface area contributed by atoms with E-state index in [0.29, 0.717) is 23.7 Å². The summed E-state index contributed by atoms with van der Waals surface area (Å²) in [6.45, 7) is 9.12. The van der Waals surface area contributed by atoms with Gasteiger partial charge in [-0.1, -0.05) is 53.4 Å². The highest BCUT2D eigenvalue weighted by atomic mass is 16.6. The van der Waals surface area contributed by atoms with Crippen LogP contribution in [0.3, 0.4) is 0 Å². The molecule has 1 aromatic heterocycles. The number of hydrogen-bond donors (Lipinski definition) is 5. The summed E-state index contributed by atoms with van der Waals surface area (Å²) >= 11 is 0. The Morgan fingerprint density at radius 1 is 1.25 bits per heavy atom. The van der Waals surface area contributed by atoms with Crippen molar-refractivity contribution in [3.8, 4) is 0 Å². The molecular formula is C31H49N5O8. The van der Waals surface area contributed by atoms with E-state index in [1.807, 2.05) is 0 Å². The maximum Gasteiger partial charge on any atom is 0.412 e. The van der Waals surface area contributed by atoms with Crippen molar-refractivity contribution in [2.75, 3.05) is 13.2 Å². The number of nitrogens with zero attached hydrogens (tertiary/aromatic N) is 1. The number of aliphatic imine (C=N–C) groups is 1. The number of aromatic nitrogens is 1. The van der Waals surface area contributed by atoms with Gasteiger partial charge in [0.15, 0.2) is 11.9 Å². The zero-order valence-corrected chi connectivity index (χ0v) is 26.5. The first-order chi connectivity index (χ1) is 20.8. The summed E-state index contributed by atoms with van der Waals surface area (Å²) in [6.07, 6.45) is 3.67. The zero-order chi connectivity index (χ0) is 32.5. The molecule has 2 aliphatic rings. The molecule has 1 aliphatic carbocycles. The number of aliphatic hydroxyl groups excluding tert-OH is 1. The van der Waals surface area contributed by atoms with Gasteiger partial charge < -0.3 is 34.8 Å². The Balaban J connectivity index is 1.77. The Kier molecular flexibility index (Phi) is 12.5. The summed E-state index contributed by atoms with van der Waals surface area (Å²) in [5.74, 6) is -0.759. The molecule has 1 amide bonds. The largest absolute Gasteiger partial charge is 0.463 e. The molecule has 0 radical (unpaired) electrons. The predicted molar refractivity (Wildman–Crippen MR) is 163 cm³/mol. The van der Waals surface area contributed by atoms with Crippen molar-refractivity contribution in [1.82, 2.24) is 10.3 Å². The first-order valence-corrected chi connectivity index (χ1v) is 15.5. The topological polar surface area (TPSA) is 198 Å². The molecule has 0 spiro atoms. The van der Waals surface area contributed by atoms with Gasteiger partial charge in [0, 0.05) is 6.42 Å². The second kappa shape index (κ2) is 15.6. The van der Waals surface area contributed by atoms with Gasteiger partial charge in [0.25, 0.3) is 0 Å². The Morgan fingerprint density at radius 2 is 1.98 bits per heavy atom. The van der Waals surface area contributed by atoms with Crippen LogP contribution in [0.5, 0.6) is 0 Å². The molecule has 1 aromatic rings.